The van der Waals surface area contributed by atoms with Crippen molar-refractivity contribution >= 4 is 6.29 Å². The van der Waals surface area contributed by atoms with Gasteiger partial charge in [0.2, 0.25) is 0 Å². The molecule has 21 heavy (non-hydrogen) atoms. The van der Waals surface area contributed by atoms with Crippen LogP contribution in [0.4, 0.5) is 0 Å². The molecule has 2 rings (SSSR count). The van der Waals surface area contributed by atoms with Gasteiger partial charge in [-0.15, -0.1) is 0 Å². The predicted molar refractivity (Wildman–Crippen MR) is 84.8 cm³/mol. The molecule has 10 radical (unpaired) electrons. The number of hydrogen-bond acceptors (Lipinski definition) is 1. The van der Waals surface area contributed by atoms with E-state index in [4.69, 9.17) is 0 Å². The number of hydrogen-bond donors (Lipinski definition) is 0. The van der Waals surface area contributed by atoms with Crippen molar-refractivity contribution in [3.8, 4) is 0 Å². The SMILES string of the molecule is CCCCCC/C=C\[C]1[CH][CH][CH][C]1C=O.[CH]1[CH][CH][CH][CH]1.[Fe+2]. The molecule has 2 aliphatic carbocycles. The topological polar surface area (TPSA) is 17.1 Å². The molecule has 0 atom stereocenters. The van der Waals surface area contributed by atoms with E-state index in [1.807, 2.05) is 51.4 Å². The molecule has 112 valence electrons. The quantitative estimate of drug-likeness (QED) is 0.383. The van der Waals surface area contributed by atoms with Crippen LogP contribution >= 0.6 is 0 Å². The zero-order valence-electron chi connectivity index (χ0n) is 12.6. The fraction of sp³-hybridized carbons (Fsp3) is 0.316. The summed E-state index contributed by atoms with van der Waals surface area (Å²) in [5.74, 6) is 1.83. The first kappa shape index (κ1) is 20.9. The fourth-order valence-electron chi connectivity index (χ4n) is 1.93. The molecular weight excluding hydrogens is 300 g/mol. The first-order valence-electron chi connectivity index (χ1n) is 7.42. The number of carbonyl (C=O) groups excluding carboxylic acids is 1. The Balaban J connectivity index is 0.000000562. The maximum Gasteiger partial charge on any atom is 2.00 e. The van der Waals surface area contributed by atoms with Crippen molar-refractivity contribution in [1.29, 1.82) is 0 Å². The van der Waals surface area contributed by atoms with Crippen molar-refractivity contribution < 1.29 is 21.9 Å². The summed E-state index contributed by atoms with van der Waals surface area (Å²) in [6.45, 7) is 2.22. The largest absolute Gasteiger partial charge is 2.00 e. The maximum absolute atomic E-state index is 10.6. The van der Waals surface area contributed by atoms with E-state index in [9.17, 15) is 4.79 Å². The van der Waals surface area contributed by atoms with Gasteiger partial charge < -0.3 is 4.79 Å². The van der Waals surface area contributed by atoms with Gasteiger partial charge in [-0.25, -0.2) is 0 Å². The summed E-state index contributed by atoms with van der Waals surface area (Å²) in [6.07, 6.45) is 27.2. The van der Waals surface area contributed by atoms with Gasteiger partial charge in [-0.2, -0.15) is 0 Å². The number of aldehydes is 1. The Morgan fingerprint density at radius 1 is 0.857 bits per heavy atom. The molecule has 0 saturated heterocycles. The number of allylic oxidation sites excluding steroid dienone is 2. The van der Waals surface area contributed by atoms with E-state index >= 15 is 0 Å². The standard InChI is InChI=1S/C14H19O.C5H5.Fe/c1-2-3-4-5-6-7-9-13-10-8-11-14(13)12-15;1-2-4-5-3-1;/h7-12H,2-6H2,1H3;1-5H;/q;;+2/b9-7-;;. The average molecular weight is 324 g/mol. The molecule has 0 aromatic carbocycles. The molecule has 0 heterocycles. The monoisotopic (exact) mass is 324 g/mol. The fourth-order valence-corrected chi connectivity index (χ4v) is 1.93. The first-order chi connectivity index (χ1) is 9.88. The number of rotatable bonds is 7. The van der Waals surface area contributed by atoms with Crippen LogP contribution in [0.25, 0.3) is 0 Å². The zero-order valence-corrected chi connectivity index (χ0v) is 13.8. The van der Waals surface area contributed by atoms with Gasteiger partial charge in [0.05, 0.1) is 5.92 Å². The van der Waals surface area contributed by atoms with E-state index < -0.39 is 0 Å². The van der Waals surface area contributed by atoms with E-state index in [2.05, 4.69) is 19.1 Å². The van der Waals surface area contributed by atoms with Crippen LogP contribution in [0.1, 0.15) is 39.0 Å². The molecule has 0 bridgehead atoms. The summed E-state index contributed by atoms with van der Waals surface area (Å²) in [4.78, 5) is 10.6. The van der Waals surface area contributed by atoms with Gasteiger partial charge in [0.1, 0.15) is 6.29 Å². The maximum atomic E-state index is 10.6. The second-order valence-electron chi connectivity index (χ2n) is 4.77. The van der Waals surface area contributed by atoms with Crippen molar-refractivity contribution in [3.05, 3.63) is 75.4 Å². The molecule has 2 fully saturated rings. The van der Waals surface area contributed by atoms with Crippen LogP contribution in [0, 0.1) is 63.2 Å². The Kier molecular flexibility index (Phi) is 14.8. The van der Waals surface area contributed by atoms with Gasteiger partial charge in [0.25, 0.3) is 0 Å². The van der Waals surface area contributed by atoms with Crippen LogP contribution < -0.4 is 0 Å². The molecule has 0 spiro atoms. The third-order valence-corrected chi connectivity index (χ3v) is 3.09. The van der Waals surface area contributed by atoms with E-state index in [1.54, 1.807) is 0 Å². The van der Waals surface area contributed by atoms with Crippen molar-refractivity contribution in [2.24, 2.45) is 0 Å². The van der Waals surface area contributed by atoms with Crippen molar-refractivity contribution in [2.45, 2.75) is 39.0 Å². The molecule has 0 unspecified atom stereocenters. The predicted octanol–water partition coefficient (Wildman–Crippen LogP) is 4.51. The Bertz CT molecular complexity index is 251. The van der Waals surface area contributed by atoms with Crippen molar-refractivity contribution in [3.63, 3.8) is 0 Å². The molecule has 0 N–H and O–H groups in total. The van der Waals surface area contributed by atoms with E-state index in [1.165, 1.54) is 25.7 Å². The van der Waals surface area contributed by atoms with Gasteiger partial charge in [-0.05, 0) is 64.2 Å². The molecule has 0 aromatic rings. The Morgan fingerprint density at radius 3 is 2.05 bits per heavy atom. The van der Waals surface area contributed by atoms with E-state index in [0.717, 1.165) is 24.5 Å². The first-order valence-corrected chi connectivity index (χ1v) is 7.42. The van der Waals surface area contributed by atoms with Crippen LogP contribution in [0.3, 0.4) is 0 Å². The summed E-state index contributed by atoms with van der Waals surface area (Å²) in [5, 5.41) is 0. The number of unbranched alkanes of at least 4 members (excludes halogenated alkanes) is 4. The number of carbonyl (C=O) groups is 1. The van der Waals surface area contributed by atoms with Gasteiger partial charge in [-0.3, -0.25) is 0 Å². The van der Waals surface area contributed by atoms with Crippen LogP contribution in [0.2, 0.25) is 0 Å². The van der Waals surface area contributed by atoms with Gasteiger partial charge >= 0.3 is 17.1 Å². The molecule has 1 nitrogen and oxygen atoms in total. The normalized spacial score (nSPS) is 19.3. The third kappa shape index (κ3) is 10.3. The van der Waals surface area contributed by atoms with Crippen LogP contribution in [0.15, 0.2) is 12.2 Å². The molecule has 2 aliphatic rings. The molecule has 0 amide bonds. The van der Waals surface area contributed by atoms with Gasteiger partial charge in [0, 0.05) is 5.92 Å². The summed E-state index contributed by atoms with van der Waals surface area (Å²) >= 11 is 0. The minimum atomic E-state index is 0. The smallest absolute Gasteiger partial charge is 0.303 e. The Morgan fingerprint density at radius 2 is 1.48 bits per heavy atom. The summed E-state index contributed by atoms with van der Waals surface area (Å²) < 4.78 is 0. The molecule has 0 aromatic heterocycles. The molecule has 2 saturated carbocycles. The average Bonchev–Trinajstić information content (AvgIpc) is 3.16. The molecule has 2 heteroatoms. The summed E-state index contributed by atoms with van der Waals surface area (Å²) in [6, 6.07) is 0. The van der Waals surface area contributed by atoms with Gasteiger partial charge in [0.15, 0.2) is 0 Å². The summed E-state index contributed by atoms with van der Waals surface area (Å²) in [5.41, 5.74) is 0. The van der Waals surface area contributed by atoms with E-state index in [0.29, 0.717) is 0 Å². The molecule has 0 aliphatic heterocycles. The van der Waals surface area contributed by atoms with Crippen molar-refractivity contribution in [1.82, 2.24) is 0 Å². The third-order valence-electron chi connectivity index (χ3n) is 3.09. The zero-order chi connectivity index (χ0) is 14.5. The van der Waals surface area contributed by atoms with Crippen LogP contribution in [0.5, 0.6) is 0 Å². The minimum Gasteiger partial charge on any atom is -0.303 e. The van der Waals surface area contributed by atoms with E-state index in [-0.39, 0.29) is 17.1 Å². The van der Waals surface area contributed by atoms with Crippen molar-refractivity contribution in [2.75, 3.05) is 0 Å². The van der Waals surface area contributed by atoms with Crippen LogP contribution in [-0.2, 0) is 21.9 Å². The van der Waals surface area contributed by atoms with Gasteiger partial charge in [-0.1, -0.05) is 38.3 Å². The molecular formula is C19H24FeO+2. The van der Waals surface area contributed by atoms with Crippen LogP contribution in [-0.4, -0.2) is 6.29 Å². The second-order valence-corrected chi connectivity index (χ2v) is 4.77. The second kappa shape index (κ2) is 14.8. The minimum absolute atomic E-state index is 0. The summed E-state index contributed by atoms with van der Waals surface area (Å²) in [7, 11) is 0. The Hall–Kier alpha value is -0.0705. The Labute approximate surface area is 142 Å².